The molecule has 1 aliphatic heterocycles. The van der Waals surface area contributed by atoms with E-state index in [0.29, 0.717) is 16.4 Å². The van der Waals surface area contributed by atoms with Gasteiger partial charge in [-0.15, -0.1) is 5.10 Å². The molecule has 0 radical (unpaired) electrons. The van der Waals surface area contributed by atoms with Crippen LogP contribution < -0.4 is 10.6 Å². The molecule has 1 aromatic heterocycles. The molecule has 2 aromatic rings. The van der Waals surface area contributed by atoms with Gasteiger partial charge >= 0.3 is 0 Å². The average molecular weight is 306 g/mol. The highest BCUT2D eigenvalue weighted by molar-refractivity contribution is 6.33. The maximum absolute atomic E-state index is 11.9. The van der Waals surface area contributed by atoms with Crippen molar-refractivity contribution in [3.63, 3.8) is 0 Å². The molecule has 1 aromatic carbocycles. The summed E-state index contributed by atoms with van der Waals surface area (Å²) in [5.41, 5.74) is 5.92. The summed E-state index contributed by atoms with van der Waals surface area (Å²) in [6.07, 6.45) is 0.0886. The zero-order valence-corrected chi connectivity index (χ0v) is 11.7. The van der Waals surface area contributed by atoms with E-state index in [1.54, 1.807) is 12.1 Å². The topological polar surface area (TPSA) is 105 Å². The Bertz CT molecular complexity index is 714. The third-order valence-corrected chi connectivity index (χ3v) is 3.70. The number of rotatable bonds is 3. The number of carbonyl (C=O) groups excluding carboxylic acids is 2. The molecule has 108 valence electrons. The molecule has 1 saturated heterocycles. The van der Waals surface area contributed by atoms with Crippen LogP contribution in [0.5, 0.6) is 0 Å². The number of H-pyrrole nitrogens is 1. The lowest BCUT2D eigenvalue weighted by Gasteiger charge is -2.10. The first kappa shape index (κ1) is 13.6. The van der Waals surface area contributed by atoms with Gasteiger partial charge in [-0.3, -0.25) is 19.6 Å². The highest BCUT2D eigenvalue weighted by Crippen LogP contribution is 2.27. The van der Waals surface area contributed by atoms with Crippen LogP contribution in [0, 0.1) is 5.92 Å². The predicted molar refractivity (Wildman–Crippen MR) is 76.5 cm³/mol. The fraction of sp³-hybridized carbons (Fsp3) is 0.231. The van der Waals surface area contributed by atoms with Gasteiger partial charge in [0.25, 0.3) is 5.95 Å². The Labute approximate surface area is 125 Å². The Morgan fingerprint density at radius 1 is 1.43 bits per heavy atom. The van der Waals surface area contributed by atoms with Gasteiger partial charge in [-0.05, 0) is 12.1 Å². The molecular formula is C13H12ClN5O2. The summed E-state index contributed by atoms with van der Waals surface area (Å²) < 4.78 is 0. The molecule has 0 spiro atoms. The molecule has 2 amide bonds. The maximum atomic E-state index is 11.9. The second-order valence-electron chi connectivity index (χ2n) is 4.77. The van der Waals surface area contributed by atoms with Crippen molar-refractivity contribution in [2.75, 3.05) is 11.4 Å². The molecule has 3 N–H and O–H groups in total. The molecule has 8 heteroatoms. The number of aromatic amines is 1. The van der Waals surface area contributed by atoms with Gasteiger partial charge in [-0.25, -0.2) is 0 Å². The minimum Gasteiger partial charge on any atom is -0.369 e. The first-order valence-electron chi connectivity index (χ1n) is 6.33. The number of amides is 2. The normalized spacial score (nSPS) is 18.2. The van der Waals surface area contributed by atoms with E-state index >= 15 is 0 Å². The zero-order valence-electron chi connectivity index (χ0n) is 10.9. The lowest BCUT2D eigenvalue weighted by molar-refractivity contribution is -0.123. The number of nitrogens with zero attached hydrogens (tertiary/aromatic N) is 3. The third-order valence-electron chi connectivity index (χ3n) is 3.37. The van der Waals surface area contributed by atoms with Crippen molar-refractivity contribution in [3.8, 4) is 11.4 Å². The maximum Gasteiger partial charge on any atom is 0.251 e. The third kappa shape index (κ3) is 2.47. The summed E-state index contributed by atoms with van der Waals surface area (Å²) >= 11 is 6.09. The summed E-state index contributed by atoms with van der Waals surface area (Å²) in [5.74, 6) is -0.527. The molecule has 2 heterocycles. The summed E-state index contributed by atoms with van der Waals surface area (Å²) in [5, 5.41) is 7.30. The van der Waals surface area contributed by atoms with E-state index in [1.165, 1.54) is 4.90 Å². The first-order chi connectivity index (χ1) is 10.1. The quantitative estimate of drug-likeness (QED) is 0.881. The number of carbonyl (C=O) groups is 2. The average Bonchev–Trinajstić information content (AvgIpc) is 3.05. The van der Waals surface area contributed by atoms with Crippen molar-refractivity contribution in [3.05, 3.63) is 29.3 Å². The molecular weight excluding hydrogens is 294 g/mol. The van der Waals surface area contributed by atoms with E-state index in [9.17, 15) is 9.59 Å². The molecule has 7 nitrogen and oxygen atoms in total. The second kappa shape index (κ2) is 5.17. The Hall–Kier alpha value is -2.41. The van der Waals surface area contributed by atoms with E-state index in [0.717, 1.165) is 0 Å². The number of hydrogen-bond acceptors (Lipinski definition) is 4. The van der Waals surface area contributed by atoms with Gasteiger partial charge in [0.1, 0.15) is 0 Å². The summed E-state index contributed by atoms with van der Waals surface area (Å²) in [7, 11) is 0. The van der Waals surface area contributed by atoms with Crippen LogP contribution in [0.2, 0.25) is 5.02 Å². The van der Waals surface area contributed by atoms with Gasteiger partial charge in [-0.1, -0.05) is 23.7 Å². The molecule has 1 unspecified atom stereocenters. The second-order valence-corrected chi connectivity index (χ2v) is 5.18. The van der Waals surface area contributed by atoms with Crippen molar-refractivity contribution in [1.82, 2.24) is 15.2 Å². The monoisotopic (exact) mass is 305 g/mol. The molecule has 3 rings (SSSR count). The molecule has 0 aliphatic carbocycles. The minimum atomic E-state index is -0.500. The van der Waals surface area contributed by atoms with Crippen LogP contribution in [0.15, 0.2) is 24.3 Å². The van der Waals surface area contributed by atoms with Crippen molar-refractivity contribution in [2.45, 2.75) is 6.42 Å². The van der Waals surface area contributed by atoms with Gasteiger partial charge in [0.2, 0.25) is 11.8 Å². The molecule has 1 fully saturated rings. The largest absolute Gasteiger partial charge is 0.369 e. The van der Waals surface area contributed by atoms with Crippen LogP contribution in [0.4, 0.5) is 5.95 Å². The number of aromatic nitrogens is 3. The Balaban J connectivity index is 1.88. The fourth-order valence-electron chi connectivity index (χ4n) is 2.24. The lowest BCUT2D eigenvalue weighted by atomic mass is 10.1. The Morgan fingerprint density at radius 3 is 2.86 bits per heavy atom. The summed E-state index contributed by atoms with van der Waals surface area (Å²) in [4.78, 5) is 28.7. The van der Waals surface area contributed by atoms with Crippen LogP contribution in [-0.4, -0.2) is 33.5 Å². The summed E-state index contributed by atoms with van der Waals surface area (Å²) in [6, 6.07) is 7.17. The first-order valence-corrected chi connectivity index (χ1v) is 6.71. The van der Waals surface area contributed by atoms with Crippen molar-refractivity contribution < 1.29 is 9.59 Å². The number of hydrogen-bond donors (Lipinski definition) is 2. The Kier molecular flexibility index (Phi) is 3.34. The fourth-order valence-corrected chi connectivity index (χ4v) is 2.46. The Morgan fingerprint density at radius 2 is 2.19 bits per heavy atom. The molecule has 1 aliphatic rings. The van der Waals surface area contributed by atoms with E-state index < -0.39 is 11.8 Å². The highest BCUT2D eigenvalue weighted by Gasteiger charge is 2.35. The molecule has 1 atom stereocenters. The van der Waals surface area contributed by atoms with Crippen molar-refractivity contribution >= 4 is 29.4 Å². The van der Waals surface area contributed by atoms with Crippen LogP contribution in [0.25, 0.3) is 11.4 Å². The SMILES string of the molecule is NC(=O)C1CC(=O)N(c2n[nH]c(-c3ccccc3Cl)n2)C1. The van der Waals surface area contributed by atoms with Gasteiger partial charge in [0, 0.05) is 18.5 Å². The van der Waals surface area contributed by atoms with Crippen molar-refractivity contribution in [1.29, 1.82) is 0 Å². The van der Waals surface area contributed by atoms with Gasteiger partial charge in [-0.2, -0.15) is 4.98 Å². The molecule has 0 saturated carbocycles. The van der Waals surface area contributed by atoms with Gasteiger partial charge < -0.3 is 5.73 Å². The molecule has 21 heavy (non-hydrogen) atoms. The van der Waals surface area contributed by atoms with Gasteiger partial charge in [0.05, 0.1) is 10.9 Å². The highest BCUT2D eigenvalue weighted by atomic mass is 35.5. The van der Waals surface area contributed by atoms with E-state index in [2.05, 4.69) is 15.2 Å². The minimum absolute atomic E-state index is 0.0886. The number of anilines is 1. The predicted octanol–water partition coefficient (Wildman–Crippen LogP) is 0.963. The van der Waals surface area contributed by atoms with Crippen LogP contribution in [0.1, 0.15) is 6.42 Å². The van der Waals surface area contributed by atoms with E-state index in [1.807, 2.05) is 12.1 Å². The number of nitrogens with two attached hydrogens (primary N) is 1. The van der Waals surface area contributed by atoms with Crippen LogP contribution >= 0.6 is 11.6 Å². The number of primary amides is 1. The van der Waals surface area contributed by atoms with Crippen LogP contribution in [0.3, 0.4) is 0 Å². The number of benzene rings is 1. The van der Waals surface area contributed by atoms with Crippen molar-refractivity contribution in [2.24, 2.45) is 11.7 Å². The smallest absolute Gasteiger partial charge is 0.251 e. The summed E-state index contributed by atoms with van der Waals surface area (Å²) in [6.45, 7) is 0.202. The molecule has 0 bridgehead atoms. The van der Waals surface area contributed by atoms with Gasteiger partial charge in [0.15, 0.2) is 5.82 Å². The number of nitrogens with one attached hydrogen (secondary N) is 1. The lowest BCUT2D eigenvalue weighted by Crippen LogP contribution is -2.29. The van der Waals surface area contributed by atoms with Crippen LogP contribution in [-0.2, 0) is 9.59 Å². The van der Waals surface area contributed by atoms with E-state index in [4.69, 9.17) is 17.3 Å². The number of halogens is 1. The van der Waals surface area contributed by atoms with E-state index in [-0.39, 0.29) is 24.8 Å². The zero-order chi connectivity index (χ0) is 15.0. The standard InChI is InChI=1S/C13H12ClN5O2/c14-9-4-2-1-3-8(9)12-16-13(18-17-12)19-6-7(11(15)21)5-10(19)20/h1-4,7H,5-6H2,(H2,15,21)(H,16,17,18).